The molecule has 0 saturated carbocycles. The van der Waals surface area contributed by atoms with Gasteiger partial charge in [-0.1, -0.05) is 35.3 Å². The van der Waals surface area contributed by atoms with Crippen LogP contribution in [0.5, 0.6) is 0 Å². The SMILES string of the molecule is O=C(CN1CCN(Cc2cccc(Cl)c2)CC1)Nc1cc(C(F)(F)F)ccc1Cl. The molecule has 0 bridgehead atoms. The van der Waals surface area contributed by atoms with Crippen molar-refractivity contribution in [2.75, 3.05) is 38.0 Å². The van der Waals surface area contributed by atoms with Crippen molar-refractivity contribution < 1.29 is 18.0 Å². The molecular formula is C20H20Cl2F3N3O. The molecule has 4 nitrogen and oxygen atoms in total. The summed E-state index contributed by atoms with van der Waals surface area (Å²) in [4.78, 5) is 16.5. The number of carbonyl (C=O) groups is 1. The normalized spacial score (nSPS) is 16.0. The molecule has 1 heterocycles. The largest absolute Gasteiger partial charge is 0.416 e. The highest BCUT2D eigenvalue weighted by molar-refractivity contribution is 6.33. The topological polar surface area (TPSA) is 35.6 Å². The van der Waals surface area contributed by atoms with Gasteiger partial charge in [-0.3, -0.25) is 14.6 Å². The van der Waals surface area contributed by atoms with E-state index in [0.29, 0.717) is 18.1 Å². The van der Waals surface area contributed by atoms with Crippen molar-refractivity contribution in [3.05, 3.63) is 63.6 Å². The fraction of sp³-hybridized carbons (Fsp3) is 0.350. The maximum absolute atomic E-state index is 12.8. The number of carbonyl (C=O) groups excluding carboxylic acids is 1. The molecule has 1 aliphatic rings. The van der Waals surface area contributed by atoms with E-state index < -0.39 is 17.6 Å². The van der Waals surface area contributed by atoms with Gasteiger partial charge in [-0.05, 0) is 35.9 Å². The molecule has 2 aromatic carbocycles. The van der Waals surface area contributed by atoms with Crippen LogP contribution in [0.2, 0.25) is 10.0 Å². The number of amides is 1. The number of nitrogens with zero attached hydrogens (tertiary/aromatic N) is 2. The first kappa shape index (κ1) is 21.9. The van der Waals surface area contributed by atoms with Crippen molar-refractivity contribution in [1.82, 2.24) is 9.80 Å². The number of hydrogen-bond donors (Lipinski definition) is 1. The lowest BCUT2D eigenvalue weighted by Crippen LogP contribution is -2.48. The zero-order valence-electron chi connectivity index (χ0n) is 15.5. The fourth-order valence-electron chi connectivity index (χ4n) is 3.19. The molecule has 0 aromatic heterocycles. The van der Waals surface area contributed by atoms with Gasteiger partial charge in [-0.25, -0.2) is 0 Å². The van der Waals surface area contributed by atoms with E-state index in [2.05, 4.69) is 10.2 Å². The van der Waals surface area contributed by atoms with E-state index in [-0.39, 0.29) is 17.3 Å². The Hall–Kier alpha value is -1.80. The maximum atomic E-state index is 12.8. The Morgan fingerprint density at radius 2 is 1.69 bits per heavy atom. The molecule has 1 saturated heterocycles. The third-order valence-corrected chi connectivity index (χ3v) is 5.26. The second kappa shape index (κ2) is 9.34. The Kier molecular flexibility index (Phi) is 7.05. The van der Waals surface area contributed by atoms with Gasteiger partial charge >= 0.3 is 6.18 Å². The summed E-state index contributed by atoms with van der Waals surface area (Å²) < 4.78 is 38.5. The van der Waals surface area contributed by atoms with Crippen molar-refractivity contribution in [2.24, 2.45) is 0 Å². The molecule has 1 fully saturated rings. The Bertz CT molecular complexity index is 868. The van der Waals surface area contributed by atoms with E-state index in [1.165, 1.54) is 0 Å². The summed E-state index contributed by atoms with van der Waals surface area (Å²) in [5, 5.41) is 3.25. The second-order valence-electron chi connectivity index (χ2n) is 6.92. The highest BCUT2D eigenvalue weighted by atomic mass is 35.5. The zero-order valence-corrected chi connectivity index (χ0v) is 17.0. The first-order valence-electron chi connectivity index (χ1n) is 9.06. The predicted molar refractivity (Wildman–Crippen MR) is 108 cm³/mol. The minimum Gasteiger partial charge on any atom is -0.324 e. The highest BCUT2D eigenvalue weighted by Gasteiger charge is 2.31. The van der Waals surface area contributed by atoms with Gasteiger partial charge in [0.2, 0.25) is 5.91 Å². The highest BCUT2D eigenvalue weighted by Crippen LogP contribution is 2.33. The van der Waals surface area contributed by atoms with Crippen molar-refractivity contribution in [1.29, 1.82) is 0 Å². The first-order valence-corrected chi connectivity index (χ1v) is 9.82. The number of alkyl halides is 3. The average molecular weight is 446 g/mol. The van der Waals surface area contributed by atoms with Gasteiger partial charge in [-0.2, -0.15) is 13.2 Å². The Morgan fingerprint density at radius 3 is 2.34 bits per heavy atom. The van der Waals surface area contributed by atoms with E-state index in [1.54, 1.807) is 0 Å². The van der Waals surface area contributed by atoms with Gasteiger partial charge in [0, 0.05) is 37.7 Å². The van der Waals surface area contributed by atoms with Gasteiger partial charge in [-0.15, -0.1) is 0 Å². The van der Waals surface area contributed by atoms with Gasteiger partial charge in [0.05, 0.1) is 22.8 Å². The monoisotopic (exact) mass is 445 g/mol. The minimum atomic E-state index is -4.50. The van der Waals surface area contributed by atoms with E-state index in [1.807, 2.05) is 29.2 Å². The van der Waals surface area contributed by atoms with Crippen LogP contribution >= 0.6 is 23.2 Å². The van der Waals surface area contributed by atoms with Crippen LogP contribution in [0.25, 0.3) is 0 Å². The van der Waals surface area contributed by atoms with Crippen LogP contribution in [0, 0.1) is 0 Å². The number of piperazine rings is 1. The summed E-state index contributed by atoms with van der Waals surface area (Å²) in [6, 6.07) is 10.6. The molecular weight excluding hydrogens is 426 g/mol. The molecule has 3 rings (SSSR count). The second-order valence-corrected chi connectivity index (χ2v) is 7.77. The molecule has 9 heteroatoms. The molecule has 156 valence electrons. The third kappa shape index (κ3) is 6.34. The quantitative estimate of drug-likeness (QED) is 0.719. The molecule has 1 amide bonds. The molecule has 0 aliphatic carbocycles. The Labute approximate surface area is 177 Å². The van der Waals surface area contributed by atoms with Gasteiger partial charge in [0.25, 0.3) is 0 Å². The summed E-state index contributed by atoms with van der Waals surface area (Å²) in [6.45, 7) is 3.81. The zero-order chi connectivity index (χ0) is 21.0. The average Bonchev–Trinajstić information content (AvgIpc) is 2.64. The number of hydrogen-bond acceptors (Lipinski definition) is 3. The summed E-state index contributed by atoms with van der Waals surface area (Å²) in [5.74, 6) is -0.394. The van der Waals surface area contributed by atoms with Gasteiger partial charge in [0.15, 0.2) is 0 Å². The van der Waals surface area contributed by atoms with Crippen molar-refractivity contribution >= 4 is 34.8 Å². The lowest BCUT2D eigenvalue weighted by atomic mass is 10.2. The summed E-state index contributed by atoms with van der Waals surface area (Å²) >= 11 is 11.9. The van der Waals surface area contributed by atoms with Crippen LogP contribution in [0.15, 0.2) is 42.5 Å². The van der Waals surface area contributed by atoms with E-state index in [9.17, 15) is 18.0 Å². The first-order chi connectivity index (χ1) is 13.7. The molecule has 1 N–H and O–H groups in total. The lowest BCUT2D eigenvalue weighted by Gasteiger charge is -2.34. The molecule has 1 aliphatic heterocycles. The summed E-state index contributed by atoms with van der Waals surface area (Å²) in [7, 11) is 0. The summed E-state index contributed by atoms with van der Waals surface area (Å²) in [6.07, 6.45) is -4.50. The van der Waals surface area contributed by atoms with Gasteiger partial charge in [0.1, 0.15) is 0 Å². The standard InChI is InChI=1S/C20H20Cl2F3N3O/c21-16-3-1-2-14(10-16)12-27-6-8-28(9-7-27)13-19(29)26-18-11-15(20(23,24)25)4-5-17(18)22/h1-5,10-11H,6-9,12-13H2,(H,26,29). The number of anilines is 1. The number of benzene rings is 2. The smallest absolute Gasteiger partial charge is 0.324 e. The Morgan fingerprint density at radius 1 is 1.00 bits per heavy atom. The predicted octanol–water partition coefficient (Wildman–Crippen LogP) is 4.77. The number of rotatable bonds is 5. The van der Waals surface area contributed by atoms with Crippen LogP contribution < -0.4 is 5.32 Å². The van der Waals surface area contributed by atoms with Crippen LogP contribution in [0.3, 0.4) is 0 Å². The summed E-state index contributed by atoms with van der Waals surface area (Å²) in [5.41, 5.74) is 0.237. The van der Waals surface area contributed by atoms with Crippen LogP contribution in [0.1, 0.15) is 11.1 Å². The number of halogens is 5. The molecule has 0 unspecified atom stereocenters. The molecule has 29 heavy (non-hydrogen) atoms. The fourth-order valence-corrected chi connectivity index (χ4v) is 3.57. The molecule has 2 aromatic rings. The van der Waals surface area contributed by atoms with Gasteiger partial charge < -0.3 is 5.32 Å². The third-order valence-electron chi connectivity index (χ3n) is 4.70. The van der Waals surface area contributed by atoms with Crippen LogP contribution in [-0.2, 0) is 17.5 Å². The molecule has 0 radical (unpaired) electrons. The minimum absolute atomic E-state index is 0.0360. The van der Waals surface area contributed by atoms with E-state index in [0.717, 1.165) is 43.4 Å². The number of nitrogens with one attached hydrogen (secondary N) is 1. The molecule has 0 spiro atoms. The van der Waals surface area contributed by atoms with Crippen molar-refractivity contribution in [2.45, 2.75) is 12.7 Å². The van der Waals surface area contributed by atoms with Crippen LogP contribution in [0.4, 0.5) is 18.9 Å². The van der Waals surface area contributed by atoms with Crippen LogP contribution in [-0.4, -0.2) is 48.4 Å². The van der Waals surface area contributed by atoms with E-state index in [4.69, 9.17) is 23.2 Å². The molecule has 0 atom stereocenters. The van der Waals surface area contributed by atoms with Crippen molar-refractivity contribution in [3.8, 4) is 0 Å². The van der Waals surface area contributed by atoms with E-state index >= 15 is 0 Å². The Balaban J connectivity index is 1.50. The maximum Gasteiger partial charge on any atom is 0.416 e. The lowest BCUT2D eigenvalue weighted by molar-refractivity contribution is -0.137. The van der Waals surface area contributed by atoms with Crippen molar-refractivity contribution in [3.63, 3.8) is 0 Å².